The van der Waals surface area contributed by atoms with Crippen LogP contribution in [0.1, 0.15) is 22.0 Å². The minimum Gasteiger partial charge on any atom is -0.363 e. The summed E-state index contributed by atoms with van der Waals surface area (Å²) >= 11 is 0. The van der Waals surface area contributed by atoms with Crippen molar-refractivity contribution < 1.29 is 27.5 Å². The van der Waals surface area contributed by atoms with Crippen molar-refractivity contribution in [2.24, 2.45) is 0 Å². The molecule has 0 saturated carbocycles. The second kappa shape index (κ2) is 7.17. The molecule has 1 aliphatic rings. The quantitative estimate of drug-likeness (QED) is 0.801. The number of epoxide rings is 1. The number of benzene rings is 2. The highest BCUT2D eigenvalue weighted by Gasteiger charge is 2.40. The van der Waals surface area contributed by atoms with Crippen molar-refractivity contribution in [1.29, 1.82) is 0 Å². The minimum absolute atomic E-state index is 0.0430. The molecule has 8 heteroatoms. The Morgan fingerprint density at radius 1 is 1.00 bits per heavy atom. The summed E-state index contributed by atoms with van der Waals surface area (Å²) in [7, 11) is 0. The van der Waals surface area contributed by atoms with Crippen LogP contribution in [-0.4, -0.2) is 30.6 Å². The van der Waals surface area contributed by atoms with Gasteiger partial charge in [0.25, 0.3) is 5.91 Å². The number of amides is 2. The number of ether oxygens (including phenoxy) is 1. The minimum atomic E-state index is -4.96. The smallest absolute Gasteiger partial charge is 0.363 e. The zero-order valence-electron chi connectivity index (χ0n) is 13.4. The highest BCUT2D eigenvalue weighted by atomic mass is 19.4. The standard InChI is InChI=1S/C18H15F3N2O3/c19-18(20,21)17(25)23-13-8-6-12(7-9-13)16(24)22-10-14-15(26-14)11-4-2-1-3-5-11/h1-9,14-15H,10H2,(H,22,24)(H,23,25). The van der Waals surface area contributed by atoms with Crippen molar-refractivity contribution in [2.75, 3.05) is 11.9 Å². The fourth-order valence-electron chi connectivity index (χ4n) is 2.44. The average Bonchev–Trinajstić information content (AvgIpc) is 3.40. The fourth-order valence-corrected chi connectivity index (χ4v) is 2.44. The van der Waals surface area contributed by atoms with E-state index in [-0.39, 0.29) is 29.4 Å². The van der Waals surface area contributed by atoms with Crippen molar-refractivity contribution in [1.82, 2.24) is 5.32 Å². The molecular formula is C18H15F3N2O3. The summed E-state index contributed by atoms with van der Waals surface area (Å²) in [5, 5.41) is 4.43. The van der Waals surface area contributed by atoms with Gasteiger partial charge in [-0.15, -0.1) is 0 Å². The molecule has 1 fully saturated rings. The van der Waals surface area contributed by atoms with Crippen LogP contribution in [-0.2, 0) is 9.53 Å². The fraction of sp³-hybridized carbons (Fsp3) is 0.222. The molecule has 26 heavy (non-hydrogen) atoms. The van der Waals surface area contributed by atoms with Gasteiger partial charge in [-0.05, 0) is 29.8 Å². The summed E-state index contributed by atoms with van der Waals surface area (Å²) in [6.45, 7) is 0.324. The predicted octanol–water partition coefficient (Wildman–Crippen LogP) is 3.06. The highest BCUT2D eigenvalue weighted by Crippen LogP contribution is 2.37. The number of carbonyl (C=O) groups excluding carboxylic acids is 2. The Morgan fingerprint density at radius 2 is 1.65 bits per heavy atom. The second-order valence-corrected chi connectivity index (χ2v) is 5.75. The first-order valence-corrected chi connectivity index (χ1v) is 7.81. The first-order valence-electron chi connectivity index (χ1n) is 7.81. The van der Waals surface area contributed by atoms with Gasteiger partial charge in [0.05, 0.1) is 0 Å². The number of hydrogen-bond donors (Lipinski definition) is 2. The molecule has 5 nitrogen and oxygen atoms in total. The highest BCUT2D eigenvalue weighted by molar-refractivity contribution is 5.97. The van der Waals surface area contributed by atoms with Gasteiger partial charge in [0, 0.05) is 17.8 Å². The zero-order valence-corrected chi connectivity index (χ0v) is 13.4. The van der Waals surface area contributed by atoms with Gasteiger partial charge < -0.3 is 15.4 Å². The molecule has 2 N–H and O–H groups in total. The van der Waals surface area contributed by atoms with Gasteiger partial charge in [-0.1, -0.05) is 30.3 Å². The Bertz CT molecular complexity index is 792. The van der Waals surface area contributed by atoms with Crippen LogP contribution in [0.4, 0.5) is 18.9 Å². The summed E-state index contributed by atoms with van der Waals surface area (Å²) < 4.78 is 42.1. The van der Waals surface area contributed by atoms with Crippen molar-refractivity contribution in [3.05, 3.63) is 65.7 Å². The summed E-state index contributed by atoms with van der Waals surface area (Å²) in [5.74, 6) is -2.44. The number of rotatable bonds is 5. The lowest BCUT2D eigenvalue weighted by Gasteiger charge is -2.08. The van der Waals surface area contributed by atoms with E-state index in [9.17, 15) is 22.8 Å². The van der Waals surface area contributed by atoms with E-state index in [2.05, 4.69) is 5.32 Å². The maximum atomic E-state index is 12.2. The van der Waals surface area contributed by atoms with Gasteiger partial charge in [-0.2, -0.15) is 13.2 Å². The third-order valence-electron chi connectivity index (χ3n) is 3.84. The first kappa shape index (κ1) is 17.9. The van der Waals surface area contributed by atoms with E-state index < -0.39 is 12.1 Å². The monoisotopic (exact) mass is 364 g/mol. The number of alkyl halides is 3. The van der Waals surface area contributed by atoms with Crippen molar-refractivity contribution in [3.8, 4) is 0 Å². The van der Waals surface area contributed by atoms with Crippen molar-refractivity contribution in [3.63, 3.8) is 0 Å². The normalized spacial score (nSPS) is 18.9. The van der Waals surface area contributed by atoms with E-state index in [1.54, 1.807) is 5.32 Å². The largest absolute Gasteiger partial charge is 0.471 e. The third kappa shape index (κ3) is 4.40. The molecule has 1 heterocycles. The number of carbonyl (C=O) groups is 2. The van der Waals surface area contributed by atoms with Gasteiger partial charge in [-0.3, -0.25) is 9.59 Å². The number of hydrogen-bond acceptors (Lipinski definition) is 3. The summed E-state index contributed by atoms with van der Waals surface area (Å²) in [6.07, 6.45) is -5.11. The van der Waals surface area contributed by atoms with Gasteiger partial charge >= 0.3 is 12.1 Å². The van der Waals surface area contributed by atoms with Crippen LogP contribution in [0.3, 0.4) is 0 Å². The molecule has 0 aromatic heterocycles. The Hall–Kier alpha value is -2.87. The van der Waals surface area contributed by atoms with Crippen molar-refractivity contribution >= 4 is 17.5 Å². The van der Waals surface area contributed by atoms with Crippen LogP contribution in [0.2, 0.25) is 0 Å². The van der Waals surface area contributed by atoms with Gasteiger partial charge in [0.1, 0.15) is 12.2 Å². The Balaban J connectivity index is 1.49. The first-order chi connectivity index (χ1) is 12.3. The van der Waals surface area contributed by atoms with Crippen LogP contribution in [0.5, 0.6) is 0 Å². The topological polar surface area (TPSA) is 70.7 Å². The molecule has 2 atom stereocenters. The molecule has 136 valence electrons. The Morgan fingerprint density at radius 3 is 2.27 bits per heavy atom. The lowest BCUT2D eigenvalue weighted by Crippen LogP contribution is -2.30. The molecule has 0 radical (unpaired) electrons. The SMILES string of the molecule is O=C(NCC1OC1c1ccccc1)c1ccc(NC(=O)C(F)(F)F)cc1. The van der Waals surface area contributed by atoms with E-state index in [0.717, 1.165) is 5.56 Å². The lowest BCUT2D eigenvalue weighted by atomic mass is 10.1. The molecule has 0 bridgehead atoms. The van der Waals surface area contributed by atoms with E-state index in [0.29, 0.717) is 6.54 Å². The number of halogens is 3. The van der Waals surface area contributed by atoms with Crippen molar-refractivity contribution in [2.45, 2.75) is 18.4 Å². The molecule has 3 rings (SSSR count). The summed E-state index contributed by atoms with van der Waals surface area (Å²) in [5.41, 5.74) is 1.27. The van der Waals surface area contributed by atoms with Crippen LogP contribution >= 0.6 is 0 Å². The number of anilines is 1. The van der Waals surface area contributed by atoms with E-state index >= 15 is 0 Å². The number of nitrogens with one attached hydrogen (secondary N) is 2. The van der Waals surface area contributed by atoms with E-state index in [1.807, 2.05) is 30.3 Å². The molecule has 1 aliphatic heterocycles. The molecule has 2 unspecified atom stereocenters. The average molecular weight is 364 g/mol. The molecule has 0 aliphatic carbocycles. The maximum absolute atomic E-state index is 12.2. The molecular weight excluding hydrogens is 349 g/mol. The van der Waals surface area contributed by atoms with Crippen LogP contribution in [0.25, 0.3) is 0 Å². The second-order valence-electron chi connectivity index (χ2n) is 5.75. The molecule has 2 aromatic carbocycles. The van der Waals surface area contributed by atoms with E-state index in [4.69, 9.17) is 4.74 Å². The van der Waals surface area contributed by atoms with E-state index in [1.165, 1.54) is 24.3 Å². The Labute approximate surface area is 147 Å². The molecule has 2 aromatic rings. The zero-order chi connectivity index (χ0) is 18.7. The summed E-state index contributed by atoms with van der Waals surface area (Å²) in [4.78, 5) is 22.9. The van der Waals surface area contributed by atoms with Crippen LogP contribution in [0, 0.1) is 0 Å². The predicted molar refractivity (Wildman–Crippen MR) is 87.5 cm³/mol. The lowest BCUT2D eigenvalue weighted by molar-refractivity contribution is -0.167. The van der Waals surface area contributed by atoms with Gasteiger partial charge in [0.2, 0.25) is 0 Å². The van der Waals surface area contributed by atoms with Crippen LogP contribution in [0.15, 0.2) is 54.6 Å². The summed E-state index contributed by atoms with van der Waals surface area (Å²) in [6, 6.07) is 14.8. The molecule has 0 spiro atoms. The maximum Gasteiger partial charge on any atom is 0.471 e. The molecule has 1 saturated heterocycles. The van der Waals surface area contributed by atoms with Gasteiger partial charge in [0.15, 0.2) is 0 Å². The van der Waals surface area contributed by atoms with Gasteiger partial charge in [-0.25, -0.2) is 0 Å². The van der Waals surface area contributed by atoms with Crippen LogP contribution < -0.4 is 10.6 Å². The third-order valence-corrected chi connectivity index (χ3v) is 3.84. The Kier molecular flexibility index (Phi) is 4.94. The molecule has 2 amide bonds.